The van der Waals surface area contributed by atoms with Gasteiger partial charge < -0.3 is 10.6 Å². The largest absolute Gasteiger partial charge is 0.369 e. The second-order valence-corrected chi connectivity index (χ2v) is 6.97. The molecule has 0 aliphatic carbocycles. The van der Waals surface area contributed by atoms with E-state index in [9.17, 15) is 0 Å². The van der Waals surface area contributed by atoms with E-state index >= 15 is 0 Å². The van der Waals surface area contributed by atoms with Crippen molar-refractivity contribution in [2.24, 2.45) is 10.7 Å². The molecule has 1 atom stereocenters. The first-order valence-electron chi connectivity index (χ1n) is 6.36. The molecular formula is C15H12Br2ClN3. The molecule has 1 aliphatic heterocycles. The standard InChI is InChI=1S/C15H12Br2ClN3/c16-9-2-1-3-11(6-9)21-14(8-20-15(21)19)12-7-10(17)4-5-13(12)18/h1-7,14H,8H2,(H2,19,20). The zero-order valence-electron chi connectivity index (χ0n) is 10.9. The van der Waals surface area contributed by atoms with Gasteiger partial charge in [0, 0.05) is 19.7 Å². The lowest BCUT2D eigenvalue weighted by molar-refractivity contribution is 0.768. The molecule has 0 radical (unpaired) electrons. The van der Waals surface area contributed by atoms with E-state index in [1.807, 2.05) is 47.4 Å². The number of nitrogens with two attached hydrogens (primary N) is 1. The maximum absolute atomic E-state index is 6.36. The van der Waals surface area contributed by atoms with Crippen molar-refractivity contribution in [3.05, 3.63) is 62.0 Å². The molecule has 2 aromatic rings. The van der Waals surface area contributed by atoms with Crippen molar-refractivity contribution < 1.29 is 0 Å². The Hall–Kier alpha value is -1.04. The minimum atomic E-state index is 0.00398. The monoisotopic (exact) mass is 427 g/mol. The van der Waals surface area contributed by atoms with Gasteiger partial charge in [-0.2, -0.15) is 0 Å². The molecule has 3 rings (SSSR count). The van der Waals surface area contributed by atoms with Crippen molar-refractivity contribution in [3.63, 3.8) is 0 Å². The number of guanidine groups is 1. The van der Waals surface area contributed by atoms with Crippen LogP contribution in [0.1, 0.15) is 11.6 Å². The van der Waals surface area contributed by atoms with Crippen LogP contribution in [-0.2, 0) is 0 Å². The molecule has 6 heteroatoms. The third-order valence-electron chi connectivity index (χ3n) is 3.39. The van der Waals surface area contributed by atoms with Gasteiger partial charge in [-0.25, -0.2) is 0 Å². The van der Waals surface area contributed by atoms with Gasteiger partial charge in [0.05, 0.1) is 12.6 Å². The maximum Gasteiger partial charge on any atom is 0.196 e. The number of rotatable bonds is 2. The van der Waals surface area contributed by atoms with Crippen LogP contribution in [0.15, 0.2) is 56.4 Å². The Morgan fingerprint density at radius 1 is 1.14 bits per heavy atom. The number of benzene rings is 2. The first kappa shape index (κ1) is 14.9. The summed E-state index contributed by atoms with van der Waals surface area (Å²) in [6, 6.07) is 13.8. The number of hydrogen-bond donors (Lipinski definition) is 1. The molecule has 3 nitrogen and oxygen atoms in total. The first-order chi connectivity index (χ1) is 10.1. The number of halogens is 3. The fourth-order valence-corrected chi connectivity index (χ4v) is 3.45. The van der Waals surface area contributed by atoms with Crippen LogP contribution in [0.4, 0.5) is 5.69 Å². The first-order valence-corrected chi connectivity index (χ1v) is 8.32. The summed E-state index contributed by atoms with van der Waals surface area (Å²) in [4.78, 5) is 6.40. The van der Waals surface area contributed by atoms with Crippen LogP contribution in [0, 0.1) is 0 Å². The van der Waals surface area contributed by atoms with E-state index in [2.05, 4.69) is 36.9 Å². The molecule has 108 valence electrons. The van der Waals surface area contributed by atoms with Gasteiger partial charge in [0.15, 0.2) is 5.96 Å². The van der Waals surface area contributed by atoms with Crippen LogP contribution < -0.4 is 10.6 Å². The second kappa shape index (κ2) is 5.99. The predicted octanol–water partition coefficient (Wildman–Crippen LogP) is 4.74. The van der Waals surface area contributed by atoms with Crippen molar-refractivity contribution >= 4 is 55.1 Å². The van der Waals surface area contributed by atoms with E-state index in [-0.39, 0.29) is 6.04 Å². The molecule has 1 unspecified atom stereocenters. The van der Waals surface area contributed by atoms with Gasteiger partial charge in [0.25, 0.3) is 0 Å². The van der Waals surface area contributed by atoms with Gasteiger partial charge in [-0.1, -0.05) is 49.5 Å². The Balaban J connectivity index is 2.05. The van der Waals surface area contributed by atoms with E-state index in [4.69, 9.17) is 17.3 Å². The normalized spacial score (nSPS) is 18.0. The van der Waals surface area contributed by atoms with Crippen LogP contribution in [0.25, 0.3) is 0 Å². The molecule has 21 heavy (non-hydrogen) atoms. The minimum absolute atomic E-state index is 0.00398. The molecule has 2 aromatic carbocycles. The Morgan fingerprint density at radius 2 is 1.90 bits per heavy atom. The summed E-state index contributed by atoms with van der Waals surface area (Å²) in [7, 11) is 0. The highest BCUT2D eigenvalue weighted by molar-refractivity contribution is 9.10. The zero-order chi connectivity index (χ0) is 15.0. The zero-order valence-corrected chi connectivity index (χ0v) is 14.9. The smallest absolute Gasteiger partial charge is 0.196 e. The van der Waals surface area contributed by atoms with Gasteiger partial charge in [0.1, 0.15) is 0 Å². The SMILES string of the molecule is NC1=NCC(c2cc(Br)ccc2Cl)N1c1cccc(Br)c1. The molecule has 0 bridgehead atoms. The summed E-state index contributed by atoms with van der Waals surface area (Å²) in [6.45, 7) is 0.592. The number of nitrogens with zero attached hydrogens (tertiary/aromatic N) is 2. The quantitative estimate of drug-likeness (QED) is 0.749. The Labute approximate surface area is 145 Å². The molecule has 0 fully saturated rings. The third-order valence-corrected chi connectivity index (χ3v) is 4.72. The molecule has 0 spiro atoms. The highest BCUT2D eigenvalue weighted by Crippen LogP contribution is 2.36. The molecule has 0 saturated carbocycles. The molecular weight excluding hydrogens is 417 g/mol. The van der Waals surface area contributed by atoms with Crippen molar-refractivity contribution in [1.82, 2.24) is 0 Å². The fraction of sp³-hybridized carbons (Fsp3) is 0.133. The van der Waals surface area contributed by atoms with Crippen LogP contribution in [-0.4, -0.2) is 12.5 Å². The van der Waals surface area contributed by atoms with E-state index < -0.39 is 0 Å². The Bertz CT molecular complexity index is 718. The van der Waals surface area contributed by atoms with Gasteiger partial charge in [-0.3, -0.25) is 4.99 Å². The van der Waals surface area contributed by atoms with Crippen LogP contribution in [0.2, 0.25) is 5.02 Å². The van der Waals surface area contributed by atoms with Crippen LogP contribution in [0.5, 0.6) is 0 Å². The number of aliphatic imine (C=N–C) groups is 1. The van der Waals surface area contributed by atoms with Crippen molar-refractivity contribution in [3.8, 4) is 0 Å². The second-order valence-electron chi connectivity index (χ2n) is 4.73. The Morgan fingerprint density at radius 3 is 2.67 bits per heavy atom. The number of hydrogen-bond acceptors (Lipinski definition) is 3. The van der Waals surface area contributed by atoms with Gasteiger partial charge in [0.2, 0.25) is 0 Å². The van der Waals surface area contributed by atoms with Crippen LogP contribution >= 0.6 is 43.5 Å². The summed E-state index contributed by atoms with van der Waals surface area (Å²) < 4.78 is 1.99. The third kappa shape index (κ3) is 2.96. The van der Waals surface area contributed by atoms with Gasteiger partial charge in [-0.15, -0.1) is 0 Å². The molecule has 0 saturated heterocycles. The lowest BCUT2D eigenvalue weighted by Crippen LogP contribution is -2.36. The topological polar surface area (TPSA) is 41.6 Å². The van der Waals surface area contributed by atoms with E-state index in [0.29, 0.717) is 17.5 Å². The summed E-state index contributed by atoms with van der Waals surface area (Å²) in [5.74, 6) is 0.508. The Kier molecular flexibility index (Phi) is 4.24. The molecule has 2 N–H and O–H groups in total. The number of anilines is 1. The molecule has 1 aliphatic rings. The highest BCUT2D eigenvalue weighted by atomic mass is 79.9. The van der Waals surface area contributed by atoms with Gasteiger partial charge >= 0.3 is 0 Å². The predicted molar refractivity (Wildman–Crippen MR) is 95.0 cm³/mol. The van der Waals surface area contributed by atoms with Crippen molar-refractivity contribution in [2.75, 3.05) is 11.4 Å². The average molecular weight is 430 g/mol. The summed E-state index contributed by atoms with van der Waals surface area (Å²) >= 11 is 13.3. The average Bonchev–Trinajstić information content (AvgIpc) is 2.83. The lowest BCUT2D eigenvalue weighted by atomic mass is 10.1. The minimum Gasteiger partial charge on any atom is -0.369 e. The van der Waals surface area contributed by atoms with Gasteiger partial charge in [-0.05, 0) is 42.0 Å². The summed E-state index contributed by atoms with van der Waals surface area (Å²) in [5, 5.41) is 0.716. The van der Waals surface area contributed by atoms with E-state index in [1.54, 1.807) is 0 Å². The van der Waals surface area contributed by atoms with Crippen LogP contribution in [0.3, 0.4) is 0 Å². The maximum atomic E-state index is 6.36. The lowest BCUT2D eigenvalue weighted by Gasteiger charge is -2.27. The fourth-order valence-electron chi connectivity index (χ4n) is 2.44. The van der Waals surface area contributed by atoms with E-state index in [0.717, 1.165) is 20.2 Å². The molecule has 1 heterocycles. The molecule has 0 aromatic heterocycles. The van der Waals surface area contributed by atoms with Crippen molar-refractivity contribution in [2.45, 2.75) is 6.04 Å². The van der Waals surface area contributed by atoms with E-state index in [1.165, 1.54) is 0 Å². The molecule has 0 amide bonds. The highest BCUT2D eigenvalue weighted by Gasteiger charge is 2.30. The summed E-state index contributed by atoms with van der Waals surface area (Å²) in [6.07, 6.45) is 0. The summed E-state index contributed by atoms with van der Waals surface area (Å²) in [5.41, 5.74) is 8.08. The van der Waals surface area contributed by atoms with Crippen molar-refractivity contribution in [1.29, 1.82) is 0 Å².